The first-order valence-corrected chi connectivity index (χ1v) is 7.33. The SMILES string of the molecule is CC1CN(c2ccccc2Br)C(=O)c2c(N)cccc21. The van der Waals surface area contributed by atoms with E-state index in [2.05, 4.69) is 22.9 Å². The molecule has 20 heavy (non-hydrogen) atoms. The molecule has 0 fully saturated rings. The number of carbonyl (C=O) groups excluding carboxylic acids is 1. The Labute approximate surface area is 126 Å². The van der Waals surface area contributed by atoms with Crippen LogP contribution in [0.2, 0.25) is 0 Å². The summed E-state index contributed by atoms with van der Waals surface area (Å²) in [5.74, 6) is 0.237. The van der Waals surface area contributed by atoms with Crippen molar-refractivity contribution >= 4 is 33.2 Å². The van der Waals surface area contributed by atoms with Gasteiger partial charge in [0.2, 0.25) is 0 Å². The second-order valence-corrected chi connectivity index (χ2v) is 5.93. The van der Waals surface area contributed by atoms with E-state index in [0.717, 1.165) is 15.7 Å². The van der Waals surface area contributed by atoms with Crippen LogP contribution in [0, 0.1) is 0 Å². The molecule has 1 heterocycles. The Bertz CT molecular complexity index is 684. The predicted molar refractivity (Wildman–Crippen MR) is 85.1 cm³/mol. The van der Waals surface area contributed by atoms with Crippen molar-refractivity contribution in [3.8, 4) is 0 Å². The largest absolute Gasteiger partial charge is 0.398 e. The van der Waals surface area contributed by atoms with Gasteiger partial charge in [-0.1, -0.05) is 31.2 Å². The van der Waals surface area contributed by atoms with Crippen LogP contribution in [0.5, 0.6) is 0 Å². The molecular weight excluding hydrogens is 316 g/mol. The number of halogens is 1. The Hall–Kier alpha value is -1.81. The van der Waals surface area contributed by atoms with Gasteiger partial charge >= 0.3 is 0 Å². The van der Waals surface area contributed by atoms with Crippen molar-refractivity contribution in [3.63, 3.8) is 0 Å². The van der Waals surface area contributed by atoms with Crippen molar-refractivity contribution in [2.75, 3.05) is 17.2 Å². The lowest BCUT2D eigenvalue weighted by atomic mass is 9.89. The van der Waals surface area contributed by atoms with Crippen LogP contribution < -0.4 is 10.6 Å². The summed E-state index contributed by atoms with van der Waals surface area (Å²) in [6, 6.07) is 13.4. The Morgan fingerprint density at radius 1 is 1.20 bits per heavy atom. The number of para-hydroxylation sites is 1. The smallest absolute Gasteiger partial charge is 0.260 e. The number of benzene rings is 2. The maximum Gasteiger partial charge on any atom is 0.260 e. The normalized spacial score (nSPS) is 18.0. The Morgan fingerprint density at radius 2 is 1.95 bits per heavy atom. The lowest BCUT2D eigenvalue weighted by molar-refractivity contribution is 0.0978. The van der Waals surface area contributed by atoms with Crippen molar-refractivity contribution in [2.45, 2.75) is 12.8 Å². The molecule has 1 unspecified atom stereocenters. The Balaban J connectivity index is 2.13. The second-order valence-electron chi connectivity index (χ2n) is 5.08. The van der Waals surface area contributed by atoms with Crippen molar-refractivity contribution < 1.29 is 4.79 Å². The molecule has 2 aromatic rings. The summed E-state index contributed by atoms with van der Waals surface area (Å²) >= 11 is 3.51. The zero-order valence-electron chi connectivity index (χ0n) is 11.1. The zero-order valence-corrected chi connectivity index (χ0v) is 12.7. The molecule has 1 amide bonds. The number of fused-ring (bicyclic) bond motifs is 1. The molecule has 2 aromatic carbocycles. The van der Waals surface area contributed by atoms with Crippen molar-refractivity contribution in [3.05, 3.63) is 58.1 Å². The Morgan fingerprint density at radius 3 is 2.70 bits per heavy atom. The van der Waals surface area contributed by atoms with Crippen LogP contribution in [0.1, 0.15) is 28.8 Å². The molecule has 4 heteroatoms. The standard InChI is InChI=1S/C16H15BrN2O/c1-10-9-19(14-8-3-2-6-12(14)17)16(20)15-11(10)5-4-7-13(15)18/h2-8,10H,9,18H2,1H3. The van der Waals surface area contributed by atoms with Crippen LogP contribution in [-0.4, -0.2) is 12.5 Å². The highest BCUT2D eigenvalue weighted by Gasteiger charge is 2.32. The van der Waals surface area contributed by atoms with E-state index in [4.69, 9.17) is 5.73 Å². The minimum atomic E-state index is -0.0249. The first-order valence-electron chi connectivity index (χ1n) is 6.54. The monoisotopic (exact) mass is 330 g/mol. The molecule has 102 valence electrons. The molecule has 0 spiro atoms. The van der Waals surface area contributed by atoms with Crippen LogP contribution in [0.25, 0.3) is 0 Å². The lowest BCUT2D eigenvalue weighted by Gasteiger charge is -2.33. The molecule has 3 rings (SSSR count). The van der Waals surface area contributed by atoms with Crippen LogP contribution >= 0.6 is 15.9 Å². The van der Waals surface area contributed by atoms with Gasteiger partial charge in [-0.3, -0.25) is 4.79 Å². The topological polar surface area (TPSA) is 46.3 Å². The van der Waals surface area contributed by atoms with Crippen molar-refractivity contribution in [1.82, 2.24) is 0 Å². The third-order valence-corrected chi connectivity index (χ3v) is 4.39. The van der Waals surface area contributed by atoms with E-state index in [1.165, 1.54) is 0 Å². The van der Waals surface area contributed by atoms with Crippen LogP contribution in [0.15, 0.2) is 46.9 Å². The van der Waals surface area contributed by atoms with Gasteiger partial charge in [0.1, 0.15) is 0 Å². The summed E-state index contributed by atoms with van der Waals surface area (Å²) in [4.78, 5) is 14.6. The van der Waals surface area contributed by atoms with Gasteiger partial charge < -0.3 is 10.6 Å². The molecule has 0 saturated heterocycles. The fourth-order valence-corrected chi connectivity index (χ4v) is 3.21. The van der Waals surface area contributed by atoms with E-state index in [9.17, 15) is 4.79 Å². The van der Waals surface area contributed by atoms with Crippen LogP contribution in [-0.2, 0) is 0 Å². The summed E-state index contributed by atoms with van der Waals surface area (Å²) < 4.78 is 0.915. The molecular formula is C16H15BrN2O. The minimum Gasteiger partial charge on any atom is -0.398 e. The number of hydrogen-bond donors (Lipinski definition) is 1. The molecule has 1 aliphatic heterocycles. The molecule has 2 N–H and O–H groups in total. The molecule has 1 atom stereocenters. The number of nitrogens with two attached hydrogens (primary N) is 1. The van der Waals surface area contributed by atoms with E-state index in [0.29, 0.717) is 17.8 Å². The number of anilines is 2. The quantitative estimate of drug-likeness (QED) is 0.808. The molecule has 3 nitrogen and oxygen atoms in total. The van der Waals surface area contributed by atoms with Gasteiger partial charge in [-0.25, -0.2) is 0 Å². The number of nitrogens with zero attached hydrogens (tertiary/aromatic N) is 1. The Kier molecular flexibility index (Phi) is 3.26. The predicted octanol–water partition coefficient (Wildman–Crippen LogP) is 3.80. The second kappa shape index (κ2) is 4.94. The highest BCUT2D eigenvalue weighted by atomic mass is 79.9. The molecule has 0 aliphatic carbocycles. The van der Waals surface area contributed by atoms with Gasteiger partial charge in [-0.05, 0) is 39.7 Å². The number of hydrogen-bond acceptors (Lipinski definition) is 2. The fraction of sp³-hybridized carbons (Fsp3) is 0.188. The van der Waals surface area contributed by atoms with Gasteiger partial charge in [0.25, 0.3) is 5.91 Å². The highest BCUT2D eigenvalue weighted by Crippen LogP contribution is 2.36. The number of nitrogen functional groups attached to an aromatic ring is 1. The summed E-state index contributed by atoms with van der Waals surface area (Å²) in [7, 11) is 0. The minimum absolute atomic E-state index is 0.0249. The van der Waals surface area contributed by atoms with Gasteiger partial charge in [-0.15, -0.1) is 0 Å². The zero-order chi connectivity index (χ0) is 14.3. The summed E-state index contributed by atoms with van der Waals surface area (Å²) in [6.45, 7) is 2.78. The van der Waals surface area contributed by atoms with Gasteiger partial charge in [0.05, 0.1) is 11.3 Å². The van der Waals surface area contributed by atoms with Crippen molar-refractivity contribution in [2.24, 2.45) is 0 Å². The average molecular weight is 331 g/mol. The molecule has 0 bridgehead atoms. The maximum atomic E-state index is 12.8. The number of amides is 1. The summed E-state index contributed by atoms with van der Waals surface area (Å²) in [5.41, 5.74) is 9.13. The first kappa shape index (κ1) is 13.2. The number of carbonyl (C=O) groups is 1. The molecule has 0 saturated carbocycles. The van der Waals surface area contributed by atoms with Crippen molar-refractivity contribution in [1.29, 1.82) is 0 Å². The molecule has 0 aromatic heterocycles. The number of rotatable bonds is 1. The van der Waals surface area contributed by atoms with Gasteiger partial charge in [0.15, 0.2) is 0 Å². The third kappa shape index (κ3) is 2.00. The average Bonchev–Trinajstić information content (AvgIpc) is 2.43. The summed E-state index contributed by atoms with van der Waals surface area (Å²) in [6.07, 6.45) is 0. The summed E-state index contributed by atoms with van der Waals surface area (Å²) in [5, 5.41) is 0. The van der Waals surface area contributed by atoms with E-state index in [1.807, 2.05) is 36.4 Å². The first-order chi connectivity index (χ1) is 9.59. The van der Waals surface area contributed by atoms with Crippen LogP contribution in [0.4, 0.5) is 11.4 Å². The molecule has 1 aliphatic rings. The third-order valence-electron chi connectivity index (χ3n) is 3.72. The maximum absolute atomic E-state index is 12.8. The van der Waals surface area contributed by atoms with E-state index < -0.39 is 0 Å². The lowest BCUT2D eigenvalue weighted by Crippen LogP contribution is -2.40. The highest BCUT2D eigenvalue weighted by molar-refractivity contribution is 9.10. The fourth-order valence-electron chi connectivity index (χ4n) is 2.71. The van der Waals surface area contributed by atoms with Gasteiger partial charge in [-0.2, -0.15) is 0 Å². The van der Waals surface area contributed by atoms with Crippen LogP contribution in [0.3, 0.4) is 0 Å². The van der Waals surface area contributed by atoms with Gasteiger partial charge in [0, 0.05) is 22.6 Å². The van der Waals surface area contributed by atoms with E-state index >= 15 is 0 Å². The van der Waals surface area contributed by atoms with E-state index in [1.54, 1.807) is 11.0 Å². The molecule has 0 radical (unpaired) electrons. The van der Waals surface area contributed by atoms with E-state index in [-0.39, 0.29) is 11.8 Å².